The van der Waals surface area contributed by atoms with Gasteiger partial charge in [0.15, 0.2) is 6.61 Å². The number of nitrogens with one attached hydrogen (secondary N) is 1. The fourth-order valence-corrected chi connectivity index (χ4v) is 2.64. The Hall–Kier alpha value is -2.05. The Morgan fingerprint density at radius 2 is 1.75 bits per heavy atom. The number of hydrogen-bond acceptors (Lipinski definition) is 4. The van der Waals surface area contributed by atoms with Crippen LogP contribution in [0.1, 0.15) is 10.4 Å². The van der Waals surface area contributed by atoms with Crippen LogP contribution in [0, 0.1) is 5.82 Å². The van der Waals surface area contributed by atoms with Crippen molar-refractivity contribution >= 4 is 35.2 Å². The smallest absolute Gasteiger partial charge is 0.338 e. The maximum Gasteiger partial charge on any atom is 0.338 e. The van der Waals surface area contributed by atoms with Crippen molar-refractivity contribution in [3.63, 3.8) is 0 Å². The van der Waals surface area contributed by atoms with Crippen LogP contribution >= 0.6 is 23.4 Å². The molecule has 2 aromatic carbocycles. The van der Waals surface area contributed by atoms with Crippen LogP contribution in [0.5, 0.6) is 0 Å². The van der Waals surface area contributed by atoms with Gasteiger partial charge in [-0.25, -0.2) is 9.18 Å². The van der Waals surface area contributed by atoms with Crippen molar-refractivity contribution in [3.8, 4) is 0 Å². The number of carbonyl (C=O) groups excluding carboxylic acids is 2. The summed E-state index contributed by atoms with van der Waals surface area (Å²) in [7, 11) is 0. The Bertz CT molecular complexity index is 692. The first-order valence-corrected chi connectivity index (χ1v) is 8.49. The lowest BCUT2D eigenvalue weighted by Crippen LogP contribution is -2.30. The van der Waals surface area contributed by atoms with Crippen LogP contribution in [0.3, 0.4) is 0 Å². The maximum absolute atomic E-state index is 12.8. The number of benzene rings is 2. The number of halogens is 2. The second-order valence-electron chi connectivity index (χ2n) is 4.74. The number of rotatable bonds is 7. The fraction of sp³-hybridized carbons (Fsp3) is 0.176. The van der Waals surface area contributed by atoms with Gasteiger partial charge >= 0.3 is 5.97 Å². The molecule has 0 aliphatic rings. The highest BCUT2D eigenvalue weighted by Gasteiger charge is 2.09. The van der Waals surface area contributed by atoms with E-state index in [2.05, 4.69) is 5.32 Å². The van der Waals surface area contributed by atoms with E-state index in [-0.39, 0.29) is 18.1 Å². The molecule has 24 heavy (non-hydrogen) atoms. The van der Waals surface area contributed by atoms with Gasteiger partial charge < -0.3 is 10.1 Å². The average molecular weight is 368 g/mol. The van der Waals surface area contributed by atoms with Crippen LogP contribution in [0.15, 0.2) is 53.4 Å². The minimum atomic E-state index is -0.666. The van der Waals surface area contributed by atoms with E-state index in [1.54, 1.807) is 23.9 Å². The predicted octanol–water partition coefficient (Wildman–Crippen LogP) is 3.54. The standard InChI is InChI=1S/C17H15ClFNO3S/c18-13-3-7-15(8-4-13)24-10-9-20-16(21)11-23-17(22)12-1-5-14(19)6-2-12/h1-8H,9-11H2,(H,20,21). The van der Waals surface area contributed by atoms with Crippen molar-refractivity contribution in [2.45, 2.75) is 4.90 Å². The van der Waals surface area contributed by atoms with Crippen molar-refractivity contribution in [3.05, 3.63) is 64.9 Å². The van der Waals surface area contributed by atoms with Crippen LogP contribution in [0.2, 0.25) is 5.02 Å². The van der Waals surface area contributed by atoms with E-state index < -0.39 is 11.8 Å². The molecule has 0 spiro atoms. The highest BCUT2D eigenvalue weighted by Crippen LogP contribution is 2.19. The molecule has 126 valence electrons. The third kappa shape index (κ3) is 6.22. The van der Waals surface area contributed by atoms with Crippen LogP contribution < -0.4 is 5.32 Å². The molecular formula is C17H15ClFNO3S. The molecule has 2 rings (SSSR count). The lowest BCUT2D eigenvalue weighted by molar-refractivity contribution is -0.124. The molecule has 1 amide bonds. The summed E-state index contributed by atoms with van der Waals surface area (Å²) < 4.78 is 17.6. The van der Waals surface area contributed by atoms with Crippen molar-refractivity contribution in [2.24, 2.45) is 0 Å². The third-order valence-electron chi connectivity index (χ3n) is 2.92. The van der Waals surface area contributed by atoms with Crippen molar-refractivity contribution in [2.75, 3.05) is 18.9 Å². The first-order chi connectivity index (χ1) is 11.5. The molecule has 0 aliphatic heterocycles. The lowest BCUT2D eigenvalue weighted by atomic mass is 10.2. The van der Waals surface area contributed by atoms with Crippen LogP contribution in [-0.2, 0) is 9.53 Å². The second kappa shape index (κ2) is 9.30. The normalized spacial score (nSPS) is 10.2. The SMILES string of the molecule is O=C(COC(=O)c1ccc(F)cc1)NCCSc1ccc(Cl)cc1. The molecular weight excluding hydrogens is 353 g/mol. The number of carbonyl (C=O) groups is 2. The molecule has 0 saturated heterocycles. The molecule has 0 unspecified atom stereocenters. The maximum atomic E-state index is 12.8. The van der Waals surface area contributed by atoms with Gasteiger partial charge in [-0.15, -0.1) is 11.8 Å². The number of hydrogen-bond donors (Lipinski definition) is 1. The Morgan fingerprint density at radius 1 is 1.08 bits per heavy atom. The summed E-state index contributed by atoms with van der Waals surface area (Å²) in [6.07, 6.45) is 0. The zero-order chi connectivity index (χ0) is 17.4. The summed E-state index contributed by atoms with van der Waals surface area (Å²) >= 11 is 7.38. The van der Waals surface area contributed by atoms with Gasteiger partial charge in [0, 0.05) is 22.2 Å². The zero-order valence-electron chi connectivity index (χ0n) is 12.6. The Balaban J connectivity index is 1.63. The molecule has 0 aliphatic carbocycles. The van der Waals surface area contributed by atoms with Gasteiger partial charge in [-0.05, 0) is 48.5 Å². The molecule has 0 heterocycles. The average Bonchev–Trinajstić information content (AvgIpc) is 2.59. The predicted molar refractivity (Wildman–Crippen MR) is 91.9 cm³/mol. The fourth-order valence-electron chi connectivity index (χ4n) is 1.74. The van der Waals surface area contributed by atoms with E-state index >= 15 is 0 Å². The zero-order valence-corrected chi connectivity index (χ0v) is 14.2. The molecule has 2 aromatic rings. The van der Waals surface area contributed by atoms with Crippen LogP contribution in [0.4, 0.5) is 4.39 Å². The van der Waals surface area contributed by atoms with E-state index in [0.29, 0.717) is 17.3 Å². The van der Waals surface area contributed by atoms with Crippen molar-refractivity contribution < 1.29 is 18.7 Å². The van der Waals surface area contributed by atoms with Crippen molar-refractivity contribution in [1.29, 1.82) is 0 Å². The van der Waals surface area contributed by atoms with Crippen LogP contribution in [0.25, 0.3) is 0 Å². The third-order valence-corrected chi connectivity index (χ3v) is 4.19. The van der Waals surface area contributed by atoms with E-state index in [0.717, 1.165) is 17.0 Å². The lowest BCUT2D eigenvalue weighted by Gasteiger charge is -2.07. The highest BCUT2D eigenvalue weighted by atomic mass is 35.5. The minimum absolute atomic E-state index is 0.197. The van der Waals surface area contributed by atoms with Gasteiger partial charge in [0.25, 0.3) is 5.91 Å². The summed E-state index contributed by atoms with van der Waals surface area (Å²) in [5, 5.41) is 3.33. The summed E-state index contributed by atoms with van der Waals surface area (Å²) in [6, 6.07) is 12.3. The number of thioether (sulfide) groups is 1. The Morgan fingerprint density at radius 3 is 2.42 bits per heavy atom. The Kier molecular flexibility index (Phi) is 7.08. The molecule has 0 radical (unpaired) electrons. The number of amides is 1. The first kappa shape index (κ1) is 18.3. The largest absolute Gasteiger partial charge is 0.452 e. The number of ether oxygens (including phenoxy) is 1. The van der Waals surface area contributed by atoms with E-state index in [1.165, 1.54) is 12.1 Å². The monoisotopic (exact) mass is 367 g/mol. The first-order valence-electron chi connectivity index (χ1n) is 7.12. The summed E-state index contributed by atoms with van der Waals surface area (Å²) in [5.74, 6) is -0.815. The molecule has 0 fully saturated rings. The van der Waals surface area contributed by atoms with E-state index in [1.807, 2.05) is 12.1 Å². The molecule has 0 aromatic heterocycles. The molecule has 4 nitrogen and oxygen atoms in total. The van der Waals surface area contributed by atoms with Crippen molar-refractivity contribution in [1.82, 2.24) is 5.32 Å². The summed E-state index contributed by atoms with van der Waals surface area (Å²) in [4.78, 5) is 24.3. The topological polar surface area (TPSA) is 55.4 Å². The second-order valence-corrected chi connectivity index (χ2v) is 6.34. The minimum Gasteiger partial charge on any atom is -0.452 e. The van der Waals surface area contributed by atoms with Crippen LogP contribution in [-0.4, -0.2) is 30.8 Å². The molecule has 0 saturated carbocycles. The summed E-state index contributed by atoms with van der Waals surface area (Å²) in [5.41, 5.74) is 0.197. The molecule has 1 N–H and O–H groups in total. The van der Waals surface area contributed by atoms with E-state index in [9.17, 15) is 14.0 Å². The van der Waals surface area contributed by atoms with Gasteiger partial charge in [0.1, 0.15) is 5.82 Å². The number of esters is 1. The Labute approximate surface area is 148 Å². The van der Waals surface area contributed by atoms with Gasteiger partial charge in [-0.3, -0.25) is 4.79 Å². The van der Waals surface area contributed by atoms with Gasteiger partial charge in [-0.2, -0.15) is 0 Å². The highest BCUT2D eigenvalue weighted by molar-refractivity contribution is 7.99. The summed E-state index contributed by atoms with van der Waals surface area (Å²) in [6.45, 7) is 0.0715. The molecule has 7 heteroatoms. The van der Waals surface area contributed by atoms with E-state index in [4.69, 9.17) is 16.3 Å². The van der Waals surface area contributed by atoms with Gasteiger partial charge in [0.05, 0.1) is 5.56 Å². The van der Waals surface area contributed by atoms with Gasteiger partial charge in [-0.1, -0.05) is 11.6 Å². The molecule has 0 bridgehead atoms. The van der Waals surface area contributed by atoms with Gasteiger partial charge in [0.2, 0.25) is 0 Å². The molecule has 0 atom stereocenters. The quantitative estimate of drug-likeness (QED) is 0.462.